The zero-order valence-electron chi connectivity index (χ0n) is 16.6. The van der Waals surface area contributed by atoms with E-state index in [1.807, 2.05) is 27.7 Å². The number of hydrogen-bond acceptors (Lipinski definition) is 5. The number of primary amides is 1. The first-order valence-electron chi connectivity index (χ1n) is 9.22. The number of hydrogen-bond donors (Lipinski definition) is 1. The average molecular weight is 360 g/mol. The standard InChI is InChI=1S/C18H36N2O5/c1-7-14(6)11-20(12-16(23-8-2)24-9-3)17(21)15(10-13(4)5)25-18(19)22/h13-16H,7-12H2,1-6H3,(H2,19,22). The maximum absolute atomic E-state index is 13.0. The Hall–Kier alpha value is -1.34. The van der Waals surface area contributed by atoms with Crippen LogP contribution >= 0.6 is 0 Å². The topological polar surface area (TPSA) is 91.1 Å². The molecular weight excluding hydrogens is 324 g/mol. The minimum atomic E-state index is -0.936. The highest BCUT2D eigenvalue weighted by Crippen LogP contribution is 2.15. The van der Waals surface area contributed by atoms with Crippen molar-refractivity contribution in [1.29, 1.82) is 0 Å². The Bertz CT molecular complexity index is 384. The molecule has 0 aromatic heterocycles. The van der Waals surface area contributed by atoms with Gasteiger partial charge in [-0.1, -0.05) is 34.1 Å². The highest BCUT2D eigenvalue weighted by molar-refractivity contribution is 5.83. The summed E-state index contributed by atoms with van der Waals surface area (Å²) < 4.78 is 16.2. The van der Waals surface area contributed by atoms with Crippen molar-refractivity contribution in [3.05, 3.63) is 0 Å². The molecule has 0 spiro atoms. The predicted octanol–water partition coefficient (Wildman–Crippen LogP) is 2.77. The van der Waals surface area contributed by atoms with Gasteiger partial charge < -0.3 is 24.8 Å². The van der Waals surface area contributed by atoms with Crippen molar-refractivity contribution >= 4 is 12.0 Å². The van der Waals surface area contributed by atoms with Crippen LogP contribution in [0.25, 0.3) is 0 Å². The Morgan fingerprint density at radius 1 is 1.00 bits per heavy atom. The molecule has 0 radical (unpaired) electrons. The van der Waals surface area contributed by atoms with E-state index < -0.39 is 18.5 Å². The van der Waals surface area contributed by atoms with Crippen LogP contribution in [0.4, 0.5) is 4.79 Å². The van der Waals surface area contributed by atoms with Gasteiger partial charge in [0, 0.05) is 19.8 Å². The SMILES string of the molecule is CCOC(CN(CC(C)CC)C(=O)C(CC(C)C)OC(N)=O)OCC. The van der Waals surface area contributed by atoms with Crippen LogP contribution in [0.5, 0.6) is 0 Å². The van der Waals surface area contributed by atoms with E-state index in [1.165, 1.54) is 0 Å². The summed E-state index contributed by atoms with van der Waals surface area (Å²) in [6.45, 7) is 13.6. The maximum Gasteiger partial charge on any atom is 0.405 e. The fourth-order valence-electron chi connectivity index (χ4n) is 2.44. The second-order valence-corrected chi connectivity index (χ2v) is 6.65. The molecule has 0 heterocycles. The molecule has 7 heteroatoms. The summed E-state index contributed by atoms with van der Waals surface area (Å²) in [6.07, 6.45) is -0.967. The molecule has 148 valence electrons. The average Bonchev–Trinajstić information content (AvgIpc) is 2.52. The van der Waals surface area contributed by atoms with E-state index in [2.05, 4.69) is 13.8 Å². The Morgan fingerprint density at radius 3 is 1.96 bits per heavy atom. The van der Waals surface area contributed by atoms with E-state index >= 15 is 0 Å². The molecule has 0 fully saturated rings. The summed E-state index contributed by atoms with van der Waals surface area (Å²) in [4.78, 5) is 25.9. The number of rotatable bonds is 13. The van der Waals surface area contributed by atoms with Crippen LogP contribution in [-0.2, 0) is 19.0 Å². The van der Waals surface area contributed by atoms with Crippen LogP contribution in [0, 0.1) is 11.8 Å². The molecule has 0 saturated carbocycles. The third kappa shape index (κ3) is 10.3. The van der Waals surface area contributed by atoms with Gasteiger partial charge in [-0.25, -0.2) is 4.79 Å². The van der Waals surface area contributed by atoms with Gasteiger partial charge in [-0.2, -0.15) is 0 Å². The quantitative estimate of drug-likeness (QED) is 0.510. The van der Waals surface area contributed by atoms with Crippen molar-refractivity contribution in [1.82, 2.24) is 4.90 Å². The number of nitrogens with zero attached hydrogens (tertiary/aromatic N) is 1. The number of carbonyl (C=O) groups excluding carboxylic acids is 2. The van der Waals surface area contributed by atoms with Gasteiger partial charge >= 0.3 is 6.09 Å². The van der Waals surface area contributed by atoms with Gasteiger partial charge in [-0.15, -0.1) is 0 Å². The molecule has 0 aliphatic rings. The molecular formula is C18H36N2O5. The minimum Gasteiger partial charge on any atom is -0.436 e. The fourth-order valence-corrected chi connectivity index (χ4v) is 2.44. The Morgan fingerprint density at radius 2 is 1.56 bits per heavy atom. The molecule has 2 amide bonds. The van der Waals surface area contributed by atoms with Crippen molar-refractivity contribution in [2.45, 2.75) is 66.8 Å². The summed E-state index contributed by atoms with van der Waals surface area (Å²) in [5, 5.41) is 0. The van der Waals surface area contributed by atoms with E-state index in [-0.39, 0.29) is 11.8 Å². The predicted molar refractivity (Wildman–Crippen MR) is 97.0 cm³/mol. The largest absolute Gasteiger partial charge is 0.436 e. The molecule has 2 unspecified atom stereocenters. The lowest BCUT2D eigenvalue weighted by atomic mass is 10.0. The first-order chi connectivity index (χ1) is 11.7. The van der Waals surface area contributed by atoms with E-state index in [4.69, 9.17) is 19.9 Å². The van der Waals surface area contributed by atoms with E-state index in [0.29, 0.717) is 38.6 Å². The van der Waals surface area contributed by atoms with Gasteiger partial charge in [0.2, 0.25) is 0 Å². The van der Waals surface area contributed by atoms with Gasteiger partial charge in [0.15, 0.2) is 12.4 Å². The Labute approximate surface area is 152 Å². The monoisotopic (exact) mass is 360 g/mol. The second kappa shape index (κ2) is 12.9. The maximum atomic E-state index is 13.0. The van der Waals surface area contributed by atoms with E-state index in [1.54, 1.807) is 4.90 Å². The summed E-state index contributed by atoms with van der Waals surface area (Å²) >= 11 is 0. The van der Waals surface area contributed by atoms with Crippen molar-refractivity contribution in [3.63, 3.8) is 0 Å². The molecule has 0 bridgehead atoms. The number of carbonyl (C=O) groups is 2. The van der Waals surface area contributed by atoms with Crippen LogP contribution in [-0.4, -0.2) is 55.6 Å². The third-order valence-electron chi connectivity index (χ3n) is 3.83. The number of nitrogens with two attached hydrogens (primary N) is 1. The lowest BCUT2D eigenvalue weighted by Crippen LogP contribution is -2.48. The van der Waals surface area contributed by atoms with Crippen LogP contribution in [0.1, 0.15) is 54.4 Å². The van der Waals surface area contributed by atoms with Gasteiger partial charge in [0.1, 0.15) is 0 Å². The van der Waals surface area contributed by atoms with Crippen LogP contribution < -0.4 is 5.73 Å². The smallest absolute Gasteiger partial charge is 0.405 e. The molecule has 0 rings (SSSR count). The van der Waals surface area contributed by atoms with E-state index in [0.717, 1.165) is 6.42 Å². The van der Waals surface area contributed by atoms with Crippen LogP contribution in [0.2, 0.25) is 0 Å². The molecule has 2 N–H and O–H groups in total. The molecule has 0 aliphatic heterocycles. The second-order valence-electron chi connectivity index (χ2n) is 6.65. The molecule has 2 atom stereocenters. The summed E-state index contributed by atoms with van der Waals surface area (Å²) in [5.74, 6) is 0.242. The lowest BCUT2D eigenvalue weighted by Gasteiger charge is -2.32. The van der Waals surface area contributed by atoms with Crippen LogP contribution in [0.3, 0.4) is 0 Å². The first kappa shape index (κ1) is 23.7. The minimum absolute atomic E-state index is 0.188. The van der Waals surface area contributed by atoms with E-state index in [9.17, 15) is 9.59 Å². The summed E-state index contributed by atoms with van der Waals surface area (Å²) in [5.41, 5.74) is 5.15. The molecule has 25 heavy (non-hydrogen) atoms. The highest BCUT2D eigenvalue weighted by atomic mass is 16.7. The van der Waals surface area contributed by atoms with Crippen LogP contribution in [0.15, 0.2) is 0 Å². The van der Waals surface area contributed by atoms with Crippen molar-refractivity contribution < 1.29 is 23.8 Å². The number of ether oxygens (including phenoxy) is 3. The third-order valence-corrected chi connectivity index (χ3v) is 3.83. The summed E-state index contributed by atoms with van der Waals surface area (Å²) in [6, 6.07) is 0. The van der Waals surface area contributed by atoms with Gasteiger partial charge in [0.25, 0.3) is 5.91 Å². The zero-order chi connectivity index (χ0) is 19.4. The molecule has 0 aromatic carbocycles. The molecule has 0 aliphatic carbocycles. The zero-order valence-corrected chi connectivity index (χ0v) is 16.6. The number of amides is 2. The lowest BCUT2D eigenvalue weighted by molar-refractivity contribution is -0.164. The molecule has 0 aromatic rings. The fraction of sp³-hybridized carbons (Fsp3) is 0.889. The van der Waals surface area contributed by atoms with Gasteiger partial charge in [-0.3, -0.25) is 4.79 Å². The van der Waals surface area contributed by atoms with Crippen molar-refractivity contribution in [2.75, 3.05) is 26.3 Å². The Kier molecular flexibility index (Phi) is 12.2. The molecule has 7 nitrogen and oxygen atoms in total. The first-order valence-corrected chi connectivity index (χ1v) is 9.22. The van der Waals surface area contributed by atoms with Gasteiger partial charge in [-0.05, 0) is 32.1 Å². The highest BCUT2D eigenvalue weighted by Gasteiger charge is 2.30. The Balaban J connectivity index is 5.29. The van der Waals surface area contributed by atoms with Crippen molar-refractivity contribution in [3.8, 4) is 0 Å². The summed E-state index contributed by atoms with van der Waals surface area (Å²) in [7, 11) is 0. The molecule has 0 saturated heterocycles. The van der Waals surface area contributed by atoms with Gasteiger partial charge in [0.05, 0.1) is 6.54 Å². The van der Waals surface area contributed by atoms with Crippen molar-refractivity contribution in [2.24, 2.45) is 17.6 Å². The normalized spacial score (nSPS) is 13.8.